The quantitative estimate of drug-likeness (QED) is 0.580. The highest BCUT2D eigenvalue weighted by molar-refractivity contribution is 9.10. The number of aromatic nitrogens is 3. The zero-order valence-corrected chi connectivity index (χ0v) is 18.5. The van der Waals surface area contributed by atoms with Crippen LogP contribution in [0.15, 0.2) is 53.4 Å². The topological polar surface area (TPSA) is 89.1 Å². The van der Waals surface area contributed by atoms with Gasteiger partial charge in [0, 0.05) is 60.7 Å². The van der Waals surface area contributed by atoms with Gasteiger partial charge in [0.1, 0.15) is 5.82 Å². The Balaban J connectivity index is 1.35. The third kappa shape index (κ3) is 4.88. The molecule has 0 bridgehead atoms. The number of hydrogen-bond acceptors (Lipinski definition) is 5. The lowest BCUT2D eigenvalue weighted by atomic mass is 10.1. The summed E-state index contributed by atoms with van der Waals surface area (Å²) in [5.74, 6) is 0.0641. The van der Waals surface area contributed by atoms with E-state index in [1.165, 1.54) is 5.56 Å². The van der Waals surface area contributed by atoms with Crippen LogP contribution in [0.5, 0.6) is 0 Å². The van der Waals surface area contributed by atoms with Crippen LogP contribution in [-0.4, -0.2) is 51.2 Å². The third-order valence-electron chi connectivity index (χ3n) is 5.41. The maximum absolute atomic E-state index is 12.9. The Morgan fingerprint density at radius 1 is 1.30 bits per heavy atom. The minimum Gasteiger partial charge on any atom is -0.383 e. The van der Waals surface area contributed by atoms with E-state index in [1.807, 2.05) is 19.3 Å². The van der Waals surface area contributed by atoms with Crippen molar-refractivity contribution >= 4 is 27.7 Å². The van der Waals surface area contributed by atoms with E-state index in [4.69, 9.17) is 5.73 Å². The predicted octanol–water partition coefficient (Wildman–Crippen LogP) is 2.87. The van der Waals surface area contributed by atoms with E-state index in [-0.39, 0.29) is 17.8 Å². The Labute approximate surface area is 184 Å². The third-order valence-corrected chi connectivity index (χ3v) is 5.91. The van der Waals surface area contributed by atoms with Gasteiger partial charge in [0.05, 0.1) is 11.8 Å². The van der Waals surface area contributed by atoms with Gasteiger partial charge in [-0.3, -0.25) is 9.48 Å². The smallest absolute Gasteiger partial charge is 0.255 e. The van der Waals surface area contributed by atoms with Gasteiger partial charge < -0.3 is 16.0 Å². The van der Waals surface area contributed by atoms with E-state index in [2.05, 4.69) is 54.4 Å². The summed E-state index contributed by atoms with van der Waals surface area (Å²) < 4.78 is 2.82. The Morgan fingerprint density at radius 2 is 2.17 bits per heavy atom. The molecule has 1 atom stereocenters. The van der Waals surface area contributed by atoms with Crippen molar-refractivity contribution in [3.05, 3.63) is 64.5 Å². The number of benzene rings is 1. The standard InChI is InChI=1S/C22H25BrN6O/c1-28-13-17(12-26-28)16-10-20(21(24)25-11-16)22(30)27-19-6-8-29(14-19)7-5-15-3-2-4-18(23)9-15/h2-4,9-13,19H,5-8,14H2,1H3,(H2,24,25)(H,27,30)/t19-/m1/s1. The highest BCUT2D eigenvalue weighted by Crippen LogP contribution is 2.22. The first-order valence-corrected chi connectivity index (χ1v) is 10.8. The van der Waals surface area contributed by atoms with E-state index in [0.29, 0.717) is 5.56 Å². The number of likely N-dealkylation sites (tertiary alicyclic amines) is 1. The number of hydrogen-bond donors (Lipinski definition) is 2. The molecule has 156 valence electrons. The second kappa shape index (κ2) is 8.97. The van der Waals surface area contributed by atoms with Crippen LogP contribution in [0.4, 0.5) is 5.82 Å². The van der Waals surface area contributed by atoms with Gasteiger partial charge in [0.25, 0.3) is 5.91 Å². The minimum atomic E-state index is -0.176. The molecule has 3 N–H and O–H groups in total. The fraction of sp³-hybridized carbons (Fsp3) is 0.318. The molecule has 4 rings (SSSR count). The lowest BCUT2D eigenvalue weighted by molar-refractivity contribution is 0.0938. The maximum atomic E-state index is 12.9. The monoisotopic (exact) mass is 468 g/mol. The SMILES string of the molecule is Cn1cc(-c2cnc(N)c(C(=O)N[C@@H]3CCN(CCc4cccc(Br)c4)C3)c2)cn1. The number of aryl methyl sites for hydroxylation is 1. The zero-order chi connectivity index (χ0) is 21.1. The van der Waals surface area contributed by atoms with E-state index in [1.54, 1.807) is 23.1 Å². The van der Waals surface area contributed by atoms with E-state index in [0.717, 1.165) is 48.1 Å². The molecular weight excluding hydrogens is 444 g/mol. The Hall–Kier alpha value is -2.71. The molecule has 0 radical (unpaired) electrons. The summed E-state index contributed by atoms with van der Waals surface area (Å²) >= 11 is 3.52. The van der Waals surface area contributed by atoms with Crippen LogP contribution >= 0.6 is 15.9 Å². The minimum absolute atomic E-state index is 0.112. The van der Waals surface area contributed by atoms with Crippen LogP contribution in [0.25, 0.3) is 11.1 Å². The van der Waals surface area contributed by atoms with Gasteiger partial charge in [-0.05, 0) is 36.6 Å². The molecular formula is C22H25BrN6O. The molecule has 2 aromatic heterocycles. The molecule has 1 saturated heterocycles. The summed E-state index contributed by atoms with van der Waals surface area (Å²) in [7, 11) is 1.85. The number of rotatable bonds is 6. The first kappa shape index (κ1) is 20.6. The molecule has 8 heteroatoms. The fourth-order valence-electron chi connectivity index (χ4n) is 3.78. The van der Waals surface area contributed by atoms with Gasteiger partial charge in [-0.2, -0.15) is 5.10 Å². The molecule has 3 aromatic rings. The molecule has 1 aromatic carbocycles. The summed E-state index contributed by atoms with van der Waals surface area (Å²) in [4.78, 5) is 19.5. The first-order valence-electron chi connectivity index (χ1n) is 10.00. The number of nitrogens with two attached hydrogens (primary N) is 1. The van der Waals surface area contributed by atoms with E-state index in [9.17, 15) is 4.79 Å². The van der Waals surface area contributed by atoms with Crippen LogP contribution in [0.1, 0.15) is 22.3 Å². The predicted molar refractivity (Wildman–Crippen MR) is 121 cm³/mol. The Morgan fingerprint density at radius 3 is 2.93 bits per heavy atom. The summed E-state index contributed by atoms with van der Waals surface area (Å²) in [5.41, 5.74) is 9.43. The second-order valence-electron chi connectivity index (χ2n) is 7.70. The van der Waals surface area contributed by atoms with Gasteiger partial charge in [-0.25, -0.2) is 4.98 Å². The molecule has 1 fully saturated rings. The number of carbonyl (C=O) groups is 1. The second-order valence-corrected chi connectivity index (χ2v) is 8.61. The van der Waals surface area contributed by atoms with Gasteiger partial charge in [-0.15, -0.1) is 0 Å². The summed E-state index contributed by atoms with van der Waals surface area (Å²) in [6, 6.07) is 10.3. The number of carbonyl (C=O) groups excluding carboxylic acids is 1. The first-order chi connectivity index (χ1) is 14.5. The highest BCUT2D eigenvalue weighted by Gasteiger charge is 2.25. The van der Waals surface area contributed by atoms with Crippen molar-refractivity contribution in [3.63, 3.8) is 0 Å². The Kier molecular flexibility index (Phi) is 6.15. The maximum Gasteiger partial charge on any atom is 0.255 e. The molecule has 0 aliphatic carbocycles. The fourth-order valence-corrected chi connectivity index (χ4v) is 4.23. The van der Waals surface area contributed by atoms with Crippen LogP contribution in [0.2, 0.25) is 0 Å². The van der Waals surface area contributed by atoms with Gasteiger partial charge in [0.15, 0.2) is 0 Å². The van der Waals surface area contributed by atoms with Crippen molar-refractivity contribution in [3.8, 4) is 11.1 Å². The van der Waals surface area contributed by atoms with Crippen LogP contribution in [0.3, 0.4) is 0 Å². The number of amides is 1. The lowest BCUT2D eigenvalue weighted by Gasteiger charge is -2.17. The number of nitrogens with zero attached hydrogens (tertiary/aromatic N) is 4. The molecule has 0 saturated carbocycles. The Bertz CT molecular complexity index is 1050. The molecule has 3 heterocycles. The average molecular weight is 469 g/mol. The highest BCUT2D eigenvalue weighted by atomic mass is 79.9. The number of anilines is 1. The van der Waals surface area contributed by atoms with Crippen LogP contribution < -0.4 is 11.1 Å². The number of nitrogen functional groups attached to an aromatic ring is 1. The van der Waals surface area contributed by atoms with Crippen molar-refractivity contribution in [2.24, 2.45) is 7.05 Å². The normalized spacial score (nSPS) is 16.7. The molecule has 0 spiro atoms. The van der Waals surface area contributed by atoms with Gasteiger partial charge >= 0.3 is 0 Å². The molecule has 0 unspecified atom stereocenters. The molecule has 1 aliphatic rings. The molecule has 1 aliphatic heterocycles. The number of pyridine rings is 1. The van der Waals surface area contributed by atoms with Gasteiger partial charge in [0.2, 0.25) is 0 Å². The number of nitrogens with one attached hydrogen (secondary N) is 1. The molecule has 7 nitrogen and oxygen atoms in total. The lowest BCUT2D eigenvalue weighted by Crippen LogP contribution is -2.37. The summed E-state index contributed by atoms with van der Waals surface area (Å²) in [6.07, 6.45) is 7.22. The van der Waals surface area contributed by atoms with Crippen molar-refractivity contribution in [2.45, 2.75) is 18.9 Å². The summed E-state index contributed by atoms with van der Waals surface area (Å²) in [6.45, 7) is 2.79. The largest absolute Gasteiger partial charge is 0.383 e. The molecule has 1 amide bonds. The van der Waals surface area contributed by atoms with Gasteiger partial charge in [-0.1, -0.05) is 28.1 Å². The van der Waals surface area contributed by atoms with Crippen LogP contribution in [0, 0.1) is 0 Å². The van der Waals surface area contributed by atoms with Crippen molar-refractivity contribution < 1.29 is 4.79 Å². The van der Waals surface area contributed by atoms with Crippen molar-refractivity contribution in [2.75, 3.05) is 25.4 Å². The summed E-state index contributed by atoms with van der Waals surface area (Å²) in [5, 5.41) is 7.30. The molecule has 30 heavy (non-hydrogen) atoms. The van der Waals surface area contributed by atoms with Crippen molar-refractivity contribution in [1.29, 1.82) is 0 Å². The van der Waals surface area contributed by atoms with E-state index < -0.39 is 0 Å². The zero-order valence-electron chi connectivity index (χ0n) is 16.9. The van der Waals surface area contributed by atoms with Crippen LogP contribution in [-0.2, 0) is 13.5 Å². The average Bonchev–Trinajstić information content (AvgIpc) is 3.35. The van der Waals surface area contributed by atoms with E-state index >= 15 is 0 Å². The number of halogens is 1. The van der Waals surface area contributed by atoms with Crippen molar-refractivity contribution in [1.82, 2.24) is 25.0 Å².